The van der Waals surface area contributed by atoms with Gasteiger partial charge in [-0.3, -0.25) is 0 Å². The summed E-state index contributed by atoms with van der Waals surface area (Å²) in [5.41, 5.74) is 0. The highest BCUT2D eigenvalue weighted by atomic mass is 16.3. The van der Waals surface area contributed by atoms with E-state index in [1.54, 1.807) is 0 Å². The zero-order chi connectivity index (χ0) is 11.2. The van der Waals surface area contributed by atoms with Gasteiger partial charge in [0.15, 0.2) is 0 Å². The van der Waals surface area contributed by atoms with Gasteiger partial charge in [0.05, 0.1) is 32.3 Å². The van der Waals surface area contributed by atoms with E-state index >= 15 is 0 Å². The van der Waals surface area contributed by atoms with Gasteiger partial charge in [-0.25, -0.2) is 0 Å². The van der Waals surface area contributed by atoms with E-state index in [2.05, 4.69) is 7.05 Å². The van der Waals surface area contributed by atoms with Crippen molar-refractivity contribution >= 4 is 0 Å². The third kappa shape index (κ3) is 1.62. The van der Waals surface area contributed by atoms with Gasteiger partial charge in [-0.2, -0.15) is 0 Å². The van der Waals surface area contributed by atoms with E-state index in [4.69, 9.17) is 0 Å². The molecule has 0 unspecified atom stereocenters. The van der Waals surface area contributed by atoms with Crippen LogP contribution in [0.2, 0.25) is 0 Å². The van der Waals surface area contributed by atoms with Crippen molar-refractivity contribution in [2.24, 2.45) is 11.8 Å². The smallest absolute Gasteiger partial charge is 0.0941 e. The fourth-order valence-corrected chi connectivity index (χ4v) is 4.77. The maximum Gasteiger partial charge on any atom is 0.0941 e. The minimum atomic E-state index is 0.0376. The van der Waals surface area contributed by atoms with Crippen LogP contribution in [-0.4, -0.2) is 41.9 Å². The maximum atomic E-state index is 10.3. The van der Waals surface area contributed by atoms with Gasteiger partial charge in [0.25, 0.3) is 0 Å². The molecule has 3 fully saturated rings. The van der Waals surface area contributed by atoms with Gasteiger partial charge >= 0.3 is 0 Å². The molecule has 0 radical (unpaired) electrons. The van der Waals surface area contributed by atoms with Crippen LogP contribution in [-0.2, 0) is 0 Å². The van der Waals surface area contributed by atoms with Crippen molar-refractivity contribution in [3.05, 3.63) is 0 Å². The van der Waals surface area contributed by atoms with Crippen LogP contribution in [0.4, 0.5) is 0 Å². The van der Waals surface area contributed by atoms with E-state index in [0.29, 0.717) is 11.8 Å². The molecular weight excluding hydrogens is 198 g/mol. The Morgan fingerprint density at radius 3 is 2.38 bits per heavy atom. The monoisotopic (exact) mass is 224 g/mol. The average molecular weight is 224 g/mol. The average Bonchev–Trinajstić information content (AvgIpc) is 2.53. The topological polar surface area (TPSA) is 20.2 Å². The summed E-state index contributed by atoms with van der Waals surface area (Å²) >= 11 is 0. The molecule has 1 saturated heterocycles. The van der Waals surface area contributed by atoms with Crippen LogP contribution in [0, 0.1) is 11.8 Å². The van der Waals surface area contributed by atoms with Gasteiger partial charge in [-0.05, 0) is 44.4 Å². The molecule has 0 aromatic rings. The molecule has 0 spiro atoms. The first-order valence-corrected chi connectivity index (χ1v) is 7.23. The Hall–Kier alpha value is -0.0800. The molecule has 2 saturated carbocycles. The summed E-state index contributed by atoms with van der Waals surface area (Å²) in [5, 5.41) is 10.3. The Kier molecular flexibility index (Phi) is 2.75. The molecule has 3 aliphatic rings. The first-order valence-electron chi connectivity index (χ1n) is 7.23. The fourth-order valence-electron chi connectivity index (χ4n) is 4.77. The lowest BCUT2D eigenvalue weighted by molar-refractivity contribution is -0.942. The Morgan fingerprint density at radius 1 is 0.938 bits per heavy atom. The summed E-state index contributed by atoms with van der Waals surface area (Å²) in [6, 6.07) is 0.772. The predicted molar refractivity (Wildman–Crippen MR) is 65.0 cm³/mol. The van der Waals surface area contributed by atoms with Crippen molar-refractivity contribution < 1.29 is 9.59 Å². The molecule has 4 atom stereocenters. The number of hydrogen-bond donors (Lipinski definition) is 1. The Morgan fingerprint density at radius 2 is 1.62 bits per heavy atom. The number of aliphatic hydroxyl groups is 1. The summed E-state index contributed by atoms with van der Waals surface area (Å²) < 4.78 is 1.27. The Bertz CT molecular complexity index is 259. The van der Waals surface area contributed by atoms with Crippen LogP contribution in [0.25, 0.3) is 0 Å². The maximum absolute atomic E-state index is 10.3. The van der Waals surface area contributed by atoms with Gasteiger partial charge in [-0.15, -0.1) is 0 Å². The Labute approximate surface area is 99.2 Å². The number of nitrogens with zero attached hydrogens (tertiary/aromatic N) is 1. The van der Waals surface area contributed by atoms with E-state index < -0.39 is 0 Å². The molecule has 3 rings (SSSR count). The molecule has 1 aliphatic heterocycles. The first kappa shape index (κ1) is 11.0. The highest BCUT2D eigenvalue weighted by Gasteiger charge is 2.50. The molecule has 2 heteroatoms. The summed E-state index contributed by atoms with van der Waals surface area (Å²) in [7, 11) is 2.45. The zero-order valence-electron chi connectivity index (χ0n) is 10.6. The zero-order valence-corrected chi connectivity index (χ0v) is 10.6. The number of rotatable bonds is 1. The largest absolute Gasteiger partial charge is 0.392 e. The molecule has 2 aliphatic carbocycles. The molecular formula is C14H26NO+. The van der Waals surface area contributed by atoms with Crippen molar-refractivity contribution in [3.8, 4) is 0 Å². The second kappa shape index (κ2) is 3.99. The van der Waals surface area contributed by atoms with Gasteiger partial charge < -0.3 is 9.59 Å². The molecule has 16 heavy (non-hydrogen) atoms. The van der Waals surface area contributed by atoms with E-state index in [-0.39, 0.29) is 6.10 Å². The molecule has 0 aromatic carbocycles. The number of piperidine rings is 1. The first-order chi connectivity index (χ1) is 7.71. The lowest BCUT2D eigenvalue weighted by atomic mass is 9.80. The van der Waals surface area contributed by atoms with Crippen molar-refractivity contribution in [2.75, 3.05) is 20.1 Å². The number of aliphatic hydroxyl groups excluding tert-OH is 1. The number of fused-ring (bicyclic) bond motifs is 2. The van der Waals surface area contributed by atoms with Crippen molar-refractivity contribution in [3.63, 3.8) is 0 Å². The summed E-state index contributed by atoms with van der Waals surface area (Å²) in [4.78, 5) is 0. The van der Waals surface area contributed by atoms with E-state index in [0.717, 1.165) is 6.04 Å². The number of likely N-dealkylation sites (tertiary alicyclic amines) is 1. The number of quaternary nitrogens is 1. The van der Waals surface area contributed by atoms with E-state index in [1.165, 1.54) is 62.5 Å². The van der Waals surface area contributed by atoms with Gasteiger partial charge in [0, 0.05) is 12.3 Å². The van der Waals surface area contributed by atoms with E-state index in [9.17, 15) is 5.11 Å². The molecule has 1 N–H and O–H groups in total. The standard InChI is InChI=1S/C14H26NO/c1-15(9-3-2-4-10-15)13-8-6-11-5-7-12(13)14(11)16/h11-14,16H,2-10H2,1H3/q+1/t11-,12+,13-,14-/m0/s1. The van der Waals surface area contributed by atoms with Crippen LogP contribution in [0.3, 0.4) is 0 Å². The lowest BCUT2D eigenvalue weighted by Crippen LogP contribution is -2.60. The van der Waals surface area contributed by atoms with Gasteiger partial charge in [0.2, 0.25) is 0 Å². The van der Waals surface area contributed by atoms with E-state index in [1.807, 2.05) is 0 Å². The minimum absolute atomic E-state index is 0.0376. The molecule has 2 bridgehead atoms. The Balaban J connectivity index is 1.78. The van der Waals surface area contributed by atoms with Crippen LogP contribution >= 0.6 is 0 Å². The predicted octanol–water partition coefficient (Wildman–Crippen LogP) is 2.17. The second-order valence-electron chi connectivity index (χ2n) is 6.62. The fraction of sp³-hybridized carbons (Fsp3) is 1.00. The quantitative estimate of drug-likeness (QED) is 0.677. The molecule has 92 valence electrons. The summed E-state index contributed by atoms with van der Waals surface area (Å²) in [5.74, 6) is 1.28. The van der Waals surface area contributed by atoms with Crippen molar-refractivity contribution in [1.29, 1.82) is 0 Å². The van der Waals surface area contributed by atoms with Gasteiger partial charge in [0.1, 0.15) is 0 Å². The van der Waals surface area contributed by atoms with Crippen LogP contribution in [0.1, 0.15) is 44.9 Å². The number of hydrogen-bond acceptors (Lipinski definition) is 1. The van der Waals surface area contributed by atoms with Crippen molar-refractivity contribution in [1.82, 2.24) is 0 Å². The third-order valence-corrected chi connectivity index (χ3v) is 5.76. The van der Waals surface area contributed by atoms with Crippen LogP contribution in [0.5, 0.6) is 0 Å². The molecule has 2 nitrogen and oxygen atoms in total. The summed E-state index contributed by atoms with van der Waals surface area (Å²) in [6.45, 7) is 2.72. The third-order valence-electron chi connectivity index (χ3n) is 5.76. The lowest BCUT2D eigenvalue weighted by Gasteiger charge is -2.49. The van der Waals surface area contributed by atoms with Crippen LogP contribution in [0.15, 0.2) is 0 Å². The minimum Gasteiger partial charge on any atom is -0.392 e. The highest BCUT2D eigenvalue weighted by Crippen LogP contribution is 2.46. The summed E-state index contributed by atoms with van der Waals surface area (Å²) in [6.07, 6.45) is 9.52. The van der Waals surface area contributed by atoms with Gasteiger partial charge in [-0.1, -0.05) is 0 Å². The van der Waals surface area contributed by atoms with Crippen molar-refractivity contribution in [2.45, 2.75) is 57.1 Å². The molecule has 0 amide bonds. The van der Waals surface area contributed by atoms with Crippen LogP contribution < -0.4 is 0 Å². The normalized spacial score (nSPS) is 46.9. The SMILES string of the molecule is C[N+]1([C@H]2CC[C@@H]3CC[C@H]2[C@H]3O)CCCCC1. The second-order valence-corrected chi connectivity index (χ2v) is 6.62. The molecule has 0 aromatic heterocycles. The highest BCUT2D eigenvalue weighted by molar-refractivity contribution is 4.94. The molecule has 1 heterocycles.